The van der Waals surface area contributed by atoms with Gasteiger partial charge in [0.05, 0.1) is 11.3 Å². The zero-order valence-electron chi connectivity index (χ0n) is 10.9. The number of aliphatic carboxylic acids is 1. The molecule has 0 spiro atoms. The number of esters is 1. The fourth-order valence-corrected chi connectivity index (χ4v) is 1.88. The van der Waals surface area contributed by atoms with Crippen LogP contribution < -0.4 is 0 Å². The summed E-state index contributed by atoms with van der Waals surface area (Å²) in [7, 11) is 0. The molecular weight excluding hydrogens is 220 g/mol. The van der Waals surface area contributed by atoms with Crippen molar-refractivity contribution in [2.24, 2.45) is 11.3 Å². The van der Waals surface area contributed by atoms with Crippen LogP contribution >= 0.6 is 0 Å². The summed E-state index contributed by atoms with van der Waals surface area (Å²) in [6, 6.07) is 0. The molecule has 0 radical (unpaired) electrons. The van der Waals surface area contributed by atoms with E-state index in [2.05, 4.69) is 0 Å². The van der Waals surface area contributed by atoms with Gasteiger partial charge in [-0.05, 0) is 46.0 Å². The Balaban J connectivity index is 2.41. The maximum absolute atomic E-state index is 11.8. The first kappa shape index (κ1) is 14.0. The Kier molecular flexibility index (Phi) is 4.54. The monoisotopic (exact) mass is 242 g/mol. The van der Waals surface area contributed by atoms with Crippen LogP contribution in [0.2, 0.25) is 0 Å². The number of carboxylic acids is 1. The van der Waals surface area contributed by atoms with Gasteiger partial charge >= 0.3 is 11.9 Å². The number of carbonyl (C=O) groups is 2. The minimum absolute atomic E-state index is 0.0936. The molecule has 1 aliphatic carbocycles. The average Bonchev–Trinajstić information content (AvgIpc) is 2.29. The molecule has 0 aliphatic heterocycles. The molecule has 0 unspecified atom stereocenters. The lowest BCUT2D eigenvalue weighted by Gasteiger charge is -2.29. The van der Waals surface area contributed by atoms with Gasteiger partial charge in [0.2, 0.25) is 0 Å². The Labute approximate surface area is 102 Å². The van der Waals surface area contributed by atoms with E-state index < -0.39 is 11.4 Å². The first-order valence-electron chi connectivity index (χ1n) is 6.30. The molecule has 0 atom stereocenters. The molecule has 4 nitrogen and oxygen atoms in total. The Morgan fingerprint density at radius 2 is 1.76 bits per heavy atom. The Morgan fingerprint density at radius 3 is 2.18 bits per heavy atom. The van der Waals surface area contributed by atoms with Crippen molar-refractivity contribution in [3.63, 3.8) is 0 Å². The summed E-state index contributed by atoms with van der Waals surface area (Å²) in [5.41, 5.74) is -0.441. The van der Waals surface area contributed by atoms with Gasteiger partial charge in [0.15, 0.2) is 0 Å². The van der Waals surface area contributed by atoms with Crippen molar-refractivity contribution < 1.29 is 19.4 Å². The molecule has 0 bridgehead atoms. The quantitative estimate of drug-likeness (QED) is 0.770. The maximum Gasteiger partial charge on any atom is 0.311 e. The zero-order valence-corrected chi connectivity index (χ0v) is 10.9. The molecule has 1 N–H and O–H groups in total. The van der Waals surface area contributed by atoms with E-state index in [9.17, 15) is 9.59 Å². The number of rotatable bonds is 4. The summed E-state index contributed by atoms with van der Waals surface area (Å²) in [6.45, 7) is 5.71. The zero-order chi connectivity index (χ0) is 13.1. The first-order valence-corrected chi connectivity index (χ1v) is 6.30. The SMILES string of the molecule is CCC(C)(C)C(=O)OC1CCC(C(=O)O)CC1. The van der Waals surface area contributed by atoms with E-state index in [4.69, 9.17) is 9.84 Å². The molecule has 17 heavy (non-hydrogen) atoms. The normalized spacial score (nSPS) is 25.4. The molecular formula is C13H22O4. The molecule has 1 saturated carbocycles. The van der Waals surface area contributed by atoms with Crippen molar-refractivity contribution in [2.45, 2.75) is 59.0 Å². The van der Waals surface area contributed by atoms with Crippen molar-refractivity contribution in [1.82, 2.24) is 0 Å². The maximum atomic E-state index is 11.8. The van der Waals surface area contributed by atoms with Crippen molar-refractivity contribution in [2.75, 3.05) is 0 Å². The lowest BCUT2D eigenvalue weighted by atomic mass is 9.86. The lowest BCUT2D eigenvalue weighted by molar-refractivity contribution is -0.162. The molecule has 1 rings (SSSR count). The molecule has 1 aliphatic rings. The minimum atomic E-state index is -0.733. The van der Waals surface area contributed by atoms with Crippen molar-refractivity contribution in [1.29, 1.82) is 0 Å². The van der Waals surface area contributed by atoms with Crippen molar-refractivity contribution >= 4 is 11.9 Å². The van der Waals surface area contributed by atoms with Gasteiger partial charge in [0, 0.05) is 0 Å². The van der Waals surface area contributed by atoms with Crippen LogP contribution in [0.3, 0.4) is 0 Å². The summed E-state index contributed by atoms with van der Waals surface area (Å²) in [5.74, 6) is -1.16. The van der Waals surface area contributed by atoms with Crippen LogP contribution in [0.15, 0.2) is 0 Å². The third-order valence-electron chi connectivity index (χ3n) is 3.73. The third kappa shape index (κ3) is 3.72. The topological polar surface area (TPSA) is 63.6 Å². The van der Waals surface area contributed by atoms with Gasteiger partial charge in [0.1, 0.15) is 6.10 Å². The van der Waals surface area contributed by atoms with Crippen LogP contribution in [0.5, 0.6) is 0 Å². The fraction of sp³-hybridized carbons (Fsp3) is 0.846. The standard InChI is InChI=1S/C13H22O4/c1-4-13(2,3)12(16)17-10-7-5-9(6-8-10)11(14)15/h9-10H,4-8H2,1-3H3,(H,14,15). The molecule has 0 aromatic carbocycles. The predicted octanol–water partition coefficient (Wildman–Crippen LogP) is 2.61. The van der Waals surface area contributed by atoms with Gasteiger partial charge in [-0.1, -0.05) is 6.92 Å². The second-order valence-corrected chi connectivity index (χ2v) is 5.45. The van der Waals surface area contributed by atoms with E-state index in [1.54, 1.807) is 0 Å². The van der Waals surface area contributed by atoms with E-state index >= 15 is 0 Å². The van der Waals surface area contributed by atoms with Gasteiger partial charge in [0.25, 0.3) is 0 Å². The smallest absolute Gasteiger partial charge is 0.311 e. The van der Waals surface area contributed by atoms with Crippen LogP contribution in [0, 0.1) is 11.3 Å². The minimum Gasteiger partial charge on any atom is -0.481 e. The number of hydrogen-bond donors (Lipinski definition) is 1. The average molecular weight is 242 g/mol. The van der Waals surface area contributed by atoms with Gasteiger partial charge < -0.3 is 9.84 Å². The third-order valence-corrected chi connectivity index (χ3v) is 3.73. The van der Waals surface area contributed by atoms with Crippen molar-refractivity contribution in [3.8, 4) is 0 Å². The summed E-state index contributed by atoms with van der Waals surface area (Å²) >= 11 is 0. The van der Waals surface area contributed by atoms with Gasteiger partial charge in [-0.15, -0.1) is 0 Å². The molecule has 0 saturated heterocycles. The largest absolute Gasteiger partial charge is 0.481 e. The predicted molar refractivity (Wildman–Crippen MR) is 63.5 cm³/mol. The highest BCUT2D eigenvalue weighted by Crippen LogP contribution is 2.29. The van der Waals surface area contributed by atoms with Gasteiger partial charge in [-0.3, -0.25) is 9.59 Å². The number of ether oxygens (including phenoxy) is 1. The van der Waals surface area contributed by atoms with Gasteiger partial charge in [-0.25, -0.2) is 0 Å². The van der Waals surface area contributed by atoms with Crippen molar-refractivity contribution in [3.05, 3.63) is 0 Å². The number of carboxylic acid groups (broad SMARTS) is 1. The summed E-state index contributed by atoms with van der Waals surface area (Å²) in [6.07, 6.45) is 3.21. The van der Waals surface area contributed by atoms with Crippen LogP contribution in [0.1, 0.15) is 52.9 Å². The Morgan fingerprint density at radius 1 is 1.24 bits per heavy atom. The molecule has 4 heteroatoms. The Bertz CT molecular complexity index is 288. The van der Waals surface area contributed by atoms with Gasteiger partial charge in [-0.2, -0.15) is 0 Å². The molecule has 98 valence electrons. The summed E-state index contributed by atoms with van der Waals surface area (Å²) in [5, 5.41) is 8.87. The fourth-order valence-electron chi connectivity index (χ4n) is 1.88. The number of hydrogen-bond acceptors (Lipinski definition) is 3. The van der Waals surface area contributed by atoms with E-state index in [1.807, 2.05) is 20.8 Å². The summed E-state index contributed by atoms with van der Waals surface area (Å²) < 4.78 is 5.44. The highest BCUT2D eigenvalue weighted by atomic mass is 16.5. The second-order valence-electron chi connectivity index (χ2n) is 5.45. The van der Waals surface area contributed by atoms with E-state index in [0.29, 0.717) is 25.7 Å². The molecule has 0 heterocycles. The van der Waals surface area contributed by atoms with Crippen LogP contribution in [0.25, 0.3) is 0 Å². The van der Waals surface area contributed by atoms with E-state index in [-0.39, 0.29) is 18.0 Å². The first-order chi connectivity index (χ1) is 7.86. The van der Waals surface area contributed by atoms with Crippen LogP contribution in [-0.4, -0.2) is 23.1 Å². The molecule has 0 amide bonds. The van der Waals surface area contributed by atoms with Crippen LogP contribution in [-0.2, 0) is 14.3 Å². The van der Waals surface area contributed by atoms with E-state index in [0.717, 1.165) is 6.42 Å². The summed E-state index contributed by atoms with van der Waals surface area (Å²) in [4.78, 5) is 22.6. The van der Waals surface area contributed by atoms with E-state index in [1.165, 1.54) is 0 Å². The highest BCUT2D eigenvalue weighted by Gasteiger charge is 2.32. The second kappa shape index (κ2) is 5.52. The highest BCUT2D eigenvalue weighted by molar-refractivity contribution is 5.76. The molecule has 0 aromatic heterocycles. The lowest BCUT2D eigenvalue weighted by Crippen LogP contribution is -2.33. The number of carbonyl (C=O) groups excluding carboxylic acids is 1. The Hall–Kier alpha value is -1.06. The molecule has 1 fully saturated rings. The van der Waals surface area contributed by atoms with Crippen LogP contribution in [0.4, 0.5) is 0 Å². The molecule has 0 aromatic rings.